The lowest BCUT2D eigenvalue weighted by molar-refractivity contribution is 0.0879. The third-order valence-electron chi connectivity index (χ3n) is 4.59. The van der Waals surface area contributed by atoms with Crippen LogP contribution in [0.4, 0.5) is 20.3 Å². The summed E-state index contributed by atoms with van der Waals surface area (Å²) in [5.74, 6) is -4.81. The third-order valence-corrected chi connectivity index (χ3v) is 4.90. The molecule has 3 aromatic rings. The summed E-state index contributed by atoms with van der Waals surface area (Å²) >= 11 is 5.80. The summed E-state index contributed by atoms with van der Waals surface area (Å²) in [4.78, 5) is 48.4. The molecule has 4 N–H and O–H groups in total. The number of hydrogen-bond acceptors (Lipinski definition) is 5. The highest BCUT2D eigenvalue weighted by atomic mass is 35.5. The summed E-state index contributed by atoms with van der Waals surface area (Å²) in [6.45, 7) is 0. The van der Waals surface area contributed by atoms with E-state index in [0.717, 1.165) is 10.6 Å². The van der Waals surface area contributed by atoms with Crippen molar-refractivity contribution in [2.45, 2.75) is 0 Å². The second kappa shape index (κ2) is 7.33. The topological polar surface area (TPSA) is 123 Å². The van der Waals surface area contributed by atoms with Crippen LogP contribution in [0.5, 0.6) is 0 Å². The minimum absolute atomic E-state index is 0.101. The second-order valence-electron chi connectivity index (χ2n) is 6.52. The molecule has 0 saturated heterocycles. The van der Waals surface area contributed by atoms with Crippen LogP contribution in [0.3, 0.4) is 0 Å². The molecule has 0 unspecified atom stereocenters. The Morgan fingerprint density at radius 1 is 1.00 bits per heavy atom. The van der Waals surface area contributed by atoms with E-state index < -0.39 is 34.9 Å². The van der Waals surface area contributed by atoms with Crippen molar-refractivity contribution in [1.29, 1.82) is 0 Å². The van der Waals surface area contributed by atoms with Crippen molar-refractivity contribution in [3.05, 3.63) is 86.2 Å². The number of nitrogens with zero attached hydrogens (tertiary/aromatic N) is 1. The number of halogens is 3. The van der Waals surface area contributed by atoms with Gasteiger partial charge in [0.15, 0.2) is 11.6 Å². The van der Waals surface area contributed by atoms with Crippen molar-refractivity contribution < 1.29 is 23.2 Å². The molecule has 0 fully saturated rings. The number of pyridine rings is 1. The number of imide groups is 1. The number of nitrogens with two attached hydrogens (primary N) is 1. The standard InChI is InChI=1S/C20H11ClF2N4O4/c21-12-7-14(23)13(22)5-10(12)18(29)25-8-1-3-9(4-2-8)27-15(28)6-11-16(17(27)24)20(31)26-19(11)30/h1-7H,24H2,(H,25,29)(H,26,30,31). The van der Waals surface area contributed by atoms with Gasteiger partial charge in [-0.1, -0.05) is 11.6 Å². The van der Waals surface area contributed by atoms with Gasteiger partial charge in [-0.05, 0) is 36.4 Å². The highest BCUT2D eigenvalue weighted by Crippen LogP contribution is 2.24. The van der Waals surface area contributed by atoms with Gasteiger partial charge >= 0.3 is 0 Å². The highest BCUT2D eigenvalue weighted by molar-refractivity contribution is 6.34. The smallest absolute Gasteiger partial charge is 0.262 e. The van der Waals surface area contributed by atoms with Gasteiger partial charge in [-0.15, -0.1) is 0 Å². The van der Waals surface area contributed by atoms with Crippen molar-refractivity contribution in [2.24, 2.45) is 0 Å². The van der Waals surface area contributed by atoms with Crippen LogP contribution in [0.2, 0.25) is 5.02 Å². The largest absolute Gasteiger partial charge is 0.384 e. The van der Waals surface area contributed by atoms with E-state index in [1.54, 1.807) is 0 Å². The molecular formula is C20H11ClF2N4O4. The summed E-state index contributed by atoms with van der Waals surface area (Å²) in [5.41, 5.74) is 5.38. The van der Waals surface area contributed by atoms with Crippen LogP contribution in [0.1, 0.15) is 31.1 Å². The fourth-order valence-electron chi connectivity index (χ4n) is 3.13. The molecule has 11 heteroatoms. The second-order valence-corrected chi connectivity index (χ2v) is 6.93. The molecule has 31 heavy (non-hydrogen) atoms. The van der Waals surface area contributed by atoms with Gasteiger partial charge in [-0.2, -0.15) is 0 Å². The molecule has 156 valence electrons. The van der Waals surface area contributed by atoms with E-state index in [1.807, 2.05) is 0 Å². The summed E-state index contributed by atoms with van der Waals surface area (Å²) in [6.07, 6.45) is 0. The summed E-state index contributed by atoms with van der Waals surface area (Å²) in [5, 5.41) is 4.27. The molecule has 3 amide bonds. The number of nitrogen functional groups attached to an aromatic ring is 1. The van der Waals surface area contributed by atoms with Gasteiger partial charge in [0, 0.05) is 11.8 Å². The number of benzene rings is 2. The van der Waals surface area contributed by atoms with E-state index in [2.05, 4.69) is 10.6 Å². The molecule has 0 aliphatic carbocycles. The Morgan fingerprint density at radius 2 is 1.65 bits per heavy atom. The quantitative estimate of drug-likeness (QED) is 0.423. The SMILES string of the molecule is Nc1c2c(cc(=O)n1-c1ccc(NC(=O)c3cc(F)c(F)cc3Cl)cc1)C(=O)NC2=O. The Labute approximate surface area is 177 Å². The van der Waals surface area contributed by atoms with Crippen molar-refractivity contribution in [2.75, 3.05) is 11.1 Å². The number of aromatic nitrogens is 1. The zero-order valence-corrected chi connectivity index (χ0v) is 16.1. The van der Waals surface area contributed by atoms with Crippen molar-refractivity contribution in [1.82, 2.24) is 9.88 Å². The molecule has 0 saturated carbocycles. The van der Waals surface area contributed by atoms with Gasteiger partial charge in [0.2, 0.25) is 0 Å². The van der Waals surface area contributed by atoms with E-state index in [9.17, 15) is 28.0 Å². The first kappa shape index (κ1) is 20.2. The Balaban J connectivity index is 1.64. The predicted octanol–water partition coefficient (Wildman–Crippen LogP) is 2.49. The van der Waals surface area contributed by atoms with Crippen LogP contribution in [-0.2, 0) is 0 Å². The average Bonchev–Trinajstić information content (AvgIpc) is 2.99. The van der Waals surface area contributed by atoms with Crippen molar-refractivity contribution in [3.8, 4) is 5.69 Å². The maximum atomic E-state index is 13.4. The molecule has 0 spiro atoms. The van der Waals surface area contributed by atoms with E-state index in [0.29, 0.717) is 12.1 Å². The van der Waals surface area contributed by atoms with E-state index in [-0.39, 0.29) is 38.9 Å². The van der Waals surface area contributed by atoms with Gasteiger partial charge in [-0.25, -0.2) is 8.78 Å². The molecule has 2 aromatic carbocycles. The minimum atomic E-state index is -1.22. The monoisotopic (exact) mass is 444 g/mol. The molecule has 4 rings (SSSR count). The summed E-state index contributed by atoms with van der Waals surface area (Å²) < 4.78 is 27.6. The number of carbonyl (C=O) groups excluding carboxylic acids is 3. The number of anilines is 2. The van der Waals surface area contributed by atoms with Crippen LogP contribution in [0.25, 0.3) is 5.69 Å². The number of nitrogens with one attached hydrogen (secondary N) is 2. The molecule has 0 atom stereocenters. The fourth-order valence-corrected chi connectivity index (χ4v) is 3.37. The Morgan fingerprint density at radius 3 is 2.32 bits per heavy atom. The zero-order valence-electron chi connectivity index (χ0n) is 15.3. The lowest BCUT2D eigenvalue weighted by Gasteiger charge is -2.13. The first-order valence-electron chi connectivity index (χ1n) is 8.65. The molecule has 1 aliphatic heterocycles. The maximum Gasteiger partial charge on any atom is 0.262 e. The summed E-state index contributed by atoms with van der Waals surface area (Å²) in [7, 11) is 0. The average molecular weight is 445 g/mol. The molecule has 2 heterocycles. The van der Waals surface area contributed by atoms with E-state index in [1.165, 1.54) is 24.3 Å². The first-order chi connectivity index (χ1) is 14.7. The van der Waals surface area contributed by atoms with Gasteiger partial charge in [0.05, 0.1) is 27.4 Å². The van der Waals surface area contributed by atoms with Crippen molar-refractivity contribution in [3.63, 3.8) is 0 Å². The molecule has 1 aromatic heterocycles. The Kier molecular flexibility index (Phi) is 4.78. The molecule has 0 bridgehead atoms. The molecular weight excluding hydrogens is 434 g/mol. The fraction of sp³-hybridized carbons (Fsp3) is 0. The van der Waals surface area contributed by atoms with Crippen LogP contribution >= 0.6 is 11.6 Å². The minimum Gasteiger partial charge on any atom is -0.384 e. The third kappa shape index (κ3) is 3.42. The number of fused-ring (bicyclic) bond motifs is 1. The zero-order chi connectivity index (χ0) is 22.4. The Hall–Kier alpha value is -4.05. The number of carbonyl (C=O) groups is 3. The number of amides is 3. The normalized spacial score (nSPS) is 12.5. The van der Waals surface area contributed by atoms with Gasteiger partial charge in [0.25, 0.3) is 23.3 Å². The van der Waals surface area contributed by atoms with Crippen LogP contribution in [0.15, 0.2) is 47.3 Å². The Bertz CT molecular complexity index is 1350. The highest BCUT2D eigenvalue weighted by Gasteiger charge is 2.31. The summed E-state index contributed by atoms with van der Waals surface area (Å²) in [6, 6.07) is 8.09. The van der Waals surface area contributed by atoms with E-state index in [4.69, 9.17) is 17.3 Å². The maximum absolute atomic E-state index is 13.4. The molecule has 1 aliphatic rings. The van der Waals surface area contributed by atoms with E-state index >= 15 is 0 Å². The number of hydrogen-bond donors (Lipinski definition) is 3. The molecule has 0 radical (unpaired) electrons. The number of rotatable bonds is 3. The lowest BCUT2D eigenvalue weighted by Crippen LogP contribution is -2.24. The first-order valence-corrected chi connectivity index (χ1v) is 9.02. The lowest BCUT2D eigenvalue weighted by atomic mass is 10.1. The van der Waals surface area contributed by atoms with Crippen LogP contribution in [0, 0.1) is 11.6 Å². The van der Waals surface area contributed by atoms with Gasteiger partial charge in [0.1, 0.15) is 5.82 Å². The molecule has 8 nitrogen and oxygen atoms in total. The van der Waals surface area contributed by atoms with Gasteiger partial charge in [-0.3, -0.25) is 29.1 Å². The van der Waals surface area contributed by atoms with Gasteiger partial charge < -0.3 is 11.1 Å². The van der Waals surface area contributed by atoms with Crippen molar-refractivity contribution >= 4 is 40.8 Å². The predicted molar refractivity (Wildman–Crippen MR) is 108 cm³/mol. The van der Waals surface area contributed by atoms with Crippen LogP contribution < -0.4 is 21.9 Å². The van der Waals surface area contributed by atoms with Crippen LogP contribution in [-0.4, -0.2) is 22.3 Å².